The fourth-order valence-corrected chi connectivity index (χ4v) is 2.76. The summed E-state index contributed by atoms with van der Waals surface area (Å²) in [6.07, 6.45) is 4.78. The maximum absolute atomic E-state index is 12.3. The molecule has 1 aliphatic heterocycles. The van der Waals surface area contributed by atoms with E-state index in [1.807, 2.05) is 41.1 Å². The number of ether oxygens (including phenoxy) is 1. The van der Waals surface area contributed by atoms with Crippen LogP contribution in [0.3, 0.4) is 0 Å². The summed E-state index contributed by atoms with van der Waals surface area (Å²) in [5.41, 5.74) is 1.75. The van der Waals surface area contributed by atoms with Gasteiger partial charge in [0.25, 0.3) is 5.91 Å². The van der Waals surface area contributed by atoms with E-state index in [-0.39, 0.29) is 11.9 Å². The van der Waals surface area contributed by atoms with Gasteiger partial charge in [-0.15, -0.1) is 0 Å². The number of nitrogens with zero attached hydrogens (tertiary/aromatic N) is 2. The monoisotopic (exact) mass is 301 g/mol. The minimum absolute atomic E-state index is 0.00169. The topological polar surface area (TPSA) is 46.0 Å². The molecular formula is C17H23N3O2. The van der Waals surface area contributed by atoms with Gasteiger partial charge < -0.3 is 14.5 Å². The van der Waals surface area contributed by atoms with Gasteiger partial charge in [0.05, 0.1) is 18.8 Å². The van der Waals surface area contributed by atoms with E-state index in [4.69, 9.17) is 4.74 Å². The summed E-state index contributed by atoms with van der Waals surface area (Å²) in [6.45, 7) is 6.68. The molecule has 0 aliphatic carbocycles. The van der Waals surface area contributed by atoms with Gasteiger partial charge in [-0.05, 0) is 31.5 Å². The molecule has 118 valence electrons. The van der Waals surface area contributed by atoms with Gasteiger partial charge in [-0.3, -0.25) is 9.69 Å². The molecule has 2 aromatic heterocycles. The van der Waals surface area contributed by atoms with Crippen LogP contribution in [-0.2, 0) is 4.74 Å². The standard InChI is InChI=1S/C17H23N3O2/c1-14(5-7-19-8-10-22-11-9-19)18-17(21)15-12-16-4-2-3-6-20(16)13-15/h2-4,6,12-14H,5,7-11H2,1H3,(H,18,21)/t14-/m0/s1. The van der Waals surface area contributed by atoms with Crippen molar-refractivity contribution in [1.29, 1.82) is 0 Å². The zero-order valence-corrected chi connectivity index (χ0v) is 13.0. The Balaban J connectivity index is 1.51. The summed E-state index contributed by atoms with van der Waals surface area (Å²) >= 11 is 0. The molecule has 1 fully saturated rings. The molecule has 1 saturated heterocycles. The number of amides is 1. The average Bonchev–Trinajstić information content (AvgIpc) is 2.98. The van der Waals surface area contributed by atoms with E-state index in [2.05, 4.69) is 17.1 Å². The van der Waals surface area contributed by atoms with E-state index in [1.165, 1.54) is 0 Å². The molecular weight excluding hydrogens is 278 g/mol. The Labute approximate surface area is 130 Å². The molecule has 0 radical (unpaired) electrons. The van der Waals surface area contributed by atoms with Gasteiger partial charge in [0.1, 0.15) is 0 Å². The summed E-state index contributed by atoms with van der Waals surface area (Å²) in [7, 11) is 0. The molecule has 1 amide bonds. The van der Waals surface area contributed by atoms with E-state index >= 15 is 0 Å². The van der Waals surface area contributed by atoms with Crippen LogP contribution in [-0.4, -0.2) is 54.1 Å². The molecule has 3 rings (SSSR count). The van der Waals surface area contributed by atoms with Gasteiger partial charge in [0, 0.05) is 43.6 Å². The predicted octanol–water partition coefficient (Wildman–Crippen LogP) is 1.78. The smallest absolute Gasteiger partial charge is 0.253 e. The third kappa shape index (κ3) is 3.67. The molecule has 2 aromatic rings. The molecule has 0 bridgehead atoms. The fourth-order valence-electron chi connectivity index (χ4n) is 2.76. The Morgan fingerprint density at radius 3 is 2.95 bits per heavy atom. The number of hydrogen-bond acceptors (Lipinski definition) is 3. The highest BCUT2D eigenvalue weighted by atomic mass is 16.5. The number of hydrogen-bond donors (Lipinski definition) is 1. The van der Waals surface area contributed by atoms with Crippen molar-refractivity contribution in [2.24, 2.45) is 0 Å². The van der Waals surface area contributed by atoms with E-state index < -0.39 is 0 Å². The fraction of sp³-hybridized carbons (Fsp3) is 0.471. The van der Waals surface area contributed by atoms with E-state index in [0.717, 1.165) is 44.8 Å². The normalized spacial score (nSPS) is 17.5. The third-order valence-electron chi connectivity index (χ3n) is 4.13. The van der Waals surface area contributed by atoms with Crippen LogP contribution < -0.4 is 5.32 Å². The molecule has 1 atom stereocenters. The maximum Gasteiger partial charge on any atom is 0.253 e. The number of carbonyl (C=O) groups excluding carboxylic acids is 1. The Morgan fingerprint density at radius 1 is 1.36 bits per heavy atom. The average molecular weight is 301 g/mol. The van der Waals surface area contributed by atoms with E-state index in [9.17, 15) is 4.79 Å². The second-order valence-electron chi connectivity index (χ2n) is 5.88. The van der Waals surface area contributed by atoms with Gasteiger partial charge in [-0.1, -0.05) is 6.07 Å². The molecule has 1 N–H and O–H groups in total. The predicted molar refractivity (Wildman–Crippen MR) is 86.2 cm³/mol. The van der Waals surface area contributed by atoms with E-state index in [1.54, 1.807) is 0 Å². The molecule has 1 aliphatic rings. The number of nitrogens with one attached hydrogen (secondary N) is 1. The van der Waals surface area contributed by atoms with Gasteiger partial charge in [-0.2, -0.15) is 0 Å². The van der Waals surface area contributed by atoms with Crippen LogP contribution in [0, 0.1) is 0 Å². The van der Waals surface area contributed by atoms with E-state index in [0.29, 0.717) is 5.56 Å². The van der Waals surface area contributed by atoms with Crippen LogP contribution in [0.4, 0.5) is 0 Å². The first kappa shape index (κ1) is 15.1. The van der Waals surface area contributed by atoms with Crippen molar-refractivity contribution in [3.8, 4) is 0 Å². The number of rotatable bonds is 5. The Bertz CT molecular complexity index is 599. The highest BCUT2D eigenvalue weighted by Gasteiger charge is 2.14. The molecule has 5 nitrogen and oxygen atoms in total. The minimum Gasteiger partial charge on any atom is -0.379 e. The quantitative estimate of drug-likeness (QED) is 0.915. The molecule has 0 saturated carbocycles. The minimum atomic E-state index is -0.00169. The molecule has 3 heterocycles. The summed E-state index contributed by atoms with van der Waals surface area (Å²) in [6, 6.07) is 8.02. The Morgan fingerprint density at radius 2 is 2.18 bits per heavy atom. The highest BCUT2D eigenvalue weighted by Crippen LogP contribution is 2.10. The van der Waals surface area contributed by atoms with Crippen molar-refractivity contribution in [3.63, 3.8) is 0 Å². The zero-order valence-electron chi connectivity index (χ0n) is 13.0. The second-order valence-corrected chi connectivity index (χ2v) is 5.88. The first-order valence-electron chi connectivity index (χ1n) is 7.90. The molecule has 5 heteroatoms. The number of pyridine rings is 1. The first-order chi connectivity index (χ1) is 10.7. The maximum atomic E-state index is 12.3. The van der Waals surface area contributed by atoms with Crippen molar-refractivity contribution in [3.05, 3.63) is 42.2 Å². The first-order valence-corrected chi connectivity index (χ1v) is 7.90. The zero-order chi connectivity index (χ0) is 15.4. The van der Waals surface area contributed by atoms with Crippen molar-refractivity contribution < 1.29 is 9.53 Å². The molecule has 0 spiro atoms. The lowest BCUT2D eigenvalue weighted by molar-refractivity contribution is 0.0363. The van der Waals surface area contributed by atoms with Crippen molar-refractivity contribution in [2.75, 3.05) is 32.8 Å². The Kier molecular flexibility index (Phi) is 4.75. The third-order valence-corrected chi connectivity index (χ3v) is 4.13. The van der Waals surface area contributed by atoms with Crippen molar-refractivity contribution >= 4 is 11.4 Å². The molecule has 0 aromatic carbocycles. The van der Waals surface area contributed by atoms with Gasteiger partial charge in [0.15, 0.2) is 0 Å². The largest absolute Gasteiger partial charge is 0.379 e. The Hall–Kier alpha value is -1.85. The number of aromatic nitrogens is 1. The lowest BCUT2D eigenvalue weighted by atomic mass is 10.2. The van der Waals surface area contributed by atoms with Crippen LogP contribution in [0.25, 0.3) is 5.52 Å². The summed E-state index contributed by atoms with van der Waals surface area (Å²) in [5, 5.41) is 3.09. The molecule has 0 unspecified atom stereocenters. The van der Waals surface area contributed by atoms with Crippen LogP contribution in [0.1, 0.15) is 23.7 Å². The highest BCUT2D eigenvalue weighted by molar-refractivity contribution is 5.95. The van der Waals surface area contributed by atoms with Crippen LogP contribution in [0.5, 0.6) is 0 Å². The lowest BCUT2D eigenvalue weighted by Gasteiger charge is -2.27. The van der Waals surface area contributed by atoms with Crippen molar-refractivity contribution in [1.82, 2.24) is 14.6 Å². The van der Waals surface area contributed by atoms with Crippen LogP contribution >= 0.6 is 0 Å². The summed E-state index contributed by atoms with van der Waals surface area (Å²) in [4.78, 5) is 14.7. The second kappa shape index (κ2) is 6.94. The summed E-state index contributed by atoms with van der Waals surface area (Å²) in [5.74, 6) is -0.00169. The van der Waals surface area contributed by atoms with Crippen LogP contribution in [0.15, 0.2) is 36.7 Å². The van der Waals surface area contributed by atoms with Gasteiger partial charge >= 0.3 is 0 Å². The summed E-state index contributed by atoms with van der Waals surface area (Å²) < 4.78 is 7.31. The number of fused-ring (bicyclic) bond motifs is 1. The number of morpholine rings is 1. The van der Waals surface area contributed by atoms with Gasteiger partial charge in [-0.25, -0.2) is 0 Å². The van der Waals surface area contributed by atoms with Gasteiger partial charge in [0.2, 0.25) is 0 Å². The number of carbonyl (C=O) groups is 1. The SMILES string of the molecule is C[C@@H](CCN1CCOCC1)NC(=O)c1cc2ccccn2c1. The van der Waals surface area contributed by atoms with Crippen molar-refractivity contribution in [2.45, 2.75) is 19.4 Å². The van der Waals surface area contributed by atoms with Crippen LogP contribution in [0.2, 0.25) is 0 Å². The molecule has 22 heavy (non-hydrogen) atoms. The lowest BCUT2D eigenvalue weighted by Crippen LogP contribution is -2.40.